The van der Waals surface area contributed by atoms with Crippen LogP contribution in [0.4, 0.5) is 10.5 Å². The average molecular weight is 357 g/mol. The smallest absolute Gasteiger partial charge is 0.411 e. The van der Waals surface area contributed by atoms with E-state index in [1.807, 2.05) is 25.1 Å². The molecular weight excluding hydrogens is 330 g/mol. The molecule has 0 aliphatic rings. The first-order valence-electron chi connectivity index (χ1n) is 8.97. The predicted molar refractivity (Wildman–Crippen MR) is 103 cm³/mol. The van der Waals surface area contributed by atoms with Crippen molar-refractivity contribution in [3.63, 3.8) is 0 Å². The van der Waals surface area contributed by atoms with Crippen LogP contribution in [0.5, 0.6) is 11.5 Å². The Labute approximate surface area is 155 Å². The van der Waals surface area contributed by atoms with Crippen molar-refractivity contribution in [2.24, 2.45) is 0 Å². The average Bonchev–Trinajstić information content (AvgIpc) is 2.67. The molecule has 0 aromatic heterocycles. The Morgan fingerprint density at radius 3 is 2.46 bits per heavy atom. The fraction of sp³-hybridized carbons (Fsp3) is 0.381. The summed E-state index contributed by atoms with van der Waals surface area (Å²) in [6.45, 7) is 6.98. The van der Waals surface area contributed by atoms with E-state index in [1.54, 1.807) is 6.07 Å². The SMILES string of the molecule is CCOc1cccc(NC(=O)OC)c1COc1ccc(CC)cc1CC. The molecule has 1 N–H and O–H groups in total. The van der Waals surface area contributed by atoms with Crippen molar-refractivity contribution >= 4 is 11.8 Å². The van der Waals surface area contributed by atoms with Crippen molar-refractivity contribution in [1.82, 2.24) is 0 Å². The van der Waals surface area contributed by atoms with Gasteiger partial charge in [-0.05, 0) is 49.1 Å². The molecule has 0 aliphatic carbocycles. The van der Waals surface area contributed by atoms with Gasteiger partial charge in [0.1, 0.15) is 18.1 Å². The van der Waals surface area contributed by atoms with Gasteiger partial charge in [0.05, 0.1) is 25.0 Å². The first kappa shape index (κ1) is 19.6. The summed E-state index contributed by atoms with van der Waals surface area (Å²) in [7, 11) is 1.33. The number of hydrogen-bond donors (Lipinski definition) is 1. The molecule has 5 heteroatoms. The number of carbonyl (C=O) groups excluding carboxylic acids is 1. The van der Waals surface area contributed by atoms with Gasteiger partial charge in [0.2, 0.25) is 0 Å². The van der Waals surface area contributed by atoms with E-state index < -0.39 is 6.09 Å². The Hall–Kier alpha value is -2.69. The molecule has 0 saturated heterocycles. The zero-order chi connectivity index (χ0) is 18.9. The van der Waals surface area contributed by atoms with Crippen LogP contribution in [-0.2, 0) is 24.2 Å². The highest BCUT2D eigenvalue weighted by molar-refractivity contribution is 5.86. The quantitative estimate of drug-likeness (QED) is 0.725. The number of hydrogen-bond acceptors (Lipinski definition) is 4. The molecule has 0 atom stereocenters. The van der Waals surface area contributed by atoms with E-state index in [-0.39, 0.29) is 6.61 Å². The maximum absolute atomic E-state index is 11.6. The number of anilines is 1. The van der Waals surface area contributed by atoms with Crippen LogP contribution >= 0.6 is 0 Å². The van der Waals surface area contributed by atoms with Crippen molar-refractivity contribution in [2.75, 3.05) is 19.0 Å². The summed E-state index contributed by atoms with van der Waals surface area (Å²) in [5, 5.41) is 2.72. The number of benzene rings is 2. The van der Waals surface area contributed by atoms with E-state index in [0.717, 1.165) is 24.2 Å². The second kappa shape index (κ2) is 9.70. The molecule has 2 aromatic rings. The minimum atomic E-state index is -0.526. The minimum absolute atomic E-state index is 0.286. The molecule has 0 bridgehead atoms. The molecule has 0 aliphatic heterocycles. The number of methoxy groups -OCH3 is 1. The van der Waals surface area contributed by atoms with Gasteiger partial charge in [-0.25, -0.2) is 4.79 Å². The summed E-state index contributed by atoms with van der Waals surface area (Å²) in [6.07, 6.45) is 1.36. The number of ether oxygens (including phenoxy) is 3. The molecule has 2 aromatic carbocycles. The summed E-state index contributed by atoms with van der Waals surface area (Å²) in [6, 6.07) is 11.8. The molecule has 1 amide bonds. The minimum Gasteiger partial charge on any atom is -0.493 e. The third-order valence-corrected chi connectivity index (χ3v) is 4.14. The van der Waals surface area contributed by atoms with E-state index in [0.29, 0.717) is 18.0 Å². The molecule has 26 heavy (non-hydrogen) atoms. The van der Waals surface area contributed by atoms with Crippen LogP contribution in [0.1, 0.15) is 37.5 Å². The van der Waals surface area contributed by atoms with Crippen LogP contribution in [-0.4, -0.2) is 19.8 Å². The topological polar surface area (TPSA) is 56.8 Å². The highest BCUT2D eigenvalue weighted by Gasteiger charge is 2.14. The molecule has 5 nitrogen and oxygen atoms in total. The standard InChI is InChI=1S/C21H27NO4/c1-5-15-11-12-19(16(6-2)13-15)26-14-17-18(22-21(23)24-4)9-8-10-20(17)25-7-3/h8-13H,5-7,14H2,1-4H3,(H,22,23). The Balaban J connectivity index is 2.28. The summed E-state index contributed by atoms with van der Waals surface area (Å²) >= 11 is 0. The molecule has 140 valence electrons. The molecule has 0 fully saturated rings. The van der Waals surface area contributed by atoms with E-state index in [1.165, 1.54) is 18.2 Å². The number of nitrogens with one attached hydrogen (secondary N) is 1. The van der Waals surface area contributed by atoms with Crippen LogP contribution in [0.2, 0.25) is 0 Å². The van der Waals surface area contributed by atoms with E-state index in [4.69, 9.17) is 14.2 Å². The normalized spacial score (nSPS) is 10.3. The first-order chi connectivity index (χ1) is 12.6. The van der Waals surface area contributed by atoms with Gasteiger partial charge >= 0.3 is 6.09 Å². The highest BCUT2D eigenvalue weighted by Crippen LogP contribution is 2.30. The summed E-state index contributed by atoms with van der Waals surface area (Å²) in [5.41, 5.74) is 3.85. The van der Waals surface area contributed by atoms with Crippen molar-refractivity contribution in [3.8, 4) is 11.5 Å². The molecule has 0 saturated carbocycles. The van der Waals surface area contributed by atoms with Gasteiger partial charge in [-0.1, -0.05) is 32.0 Å². The highest BCUT2D eigenvalue weighted by atomic mass is 16.5. The van der Waals surface area contributed by atoms with Gasteiger partial charge in [-0.15, -0.1) is 0 Å². The Kier molecular flexibility index (Phi) is 7.33. The lowest BCUT2D eigenvalue weighted by Gasteiger charge is -2.17. The molecular formula is C21H27NO4. The van der Waals surface area contributed by atoms with Crippen LogP contribution in [0, 0.1) is 0 Å². The largest absolute Gasteiger partial charge is 0.493 e. The molecule has 0 unspecified atom stereocenters. The van der Waals surface area contributed by atoms with Crippen molar-refractivity contribution < 1.29 is 19.0 Å². The van der Waals surface area contributed by atoms with Gasteiger partial charge in [0, 0.05) is 0 Å². The van der Waals surface area contributed by atoms with E-state index >= 15 is 0 Å². The van der Waals surface area contributed by atoms with Crippen LogP contribution < -0.4 is 14.8 Å². The summed E-state index contributed by atoms with van der Waals surface area (Å²) in [4.78, 5) is 11.6. The molecule has 0 radical (unpaired) electrons. The number of amides is 1. The molecule has 0 heterocycles. The second-order valence-electron chi connectivity index (χ2n) is 5.77. The van der Waals surface area contributed by atoms with E-state index in [9.17, 15) is 4.79 Å². The predicted octanol–water partition coefficient (Wildman–Crippen LogP) is 4.97. The fourth-order valence-electron chi connectivity index (χ4n) is 2.70. The monoisotopic (exact) mass is 357 g/mol. The molecule has 2 rings (SSSR count). The zero-order valence-corrected chi connectivity index (χ0v) is 15.9. The lowest BCUT2D eigenvalue weighted by atomic mass is 10.1. The number of aryl methyl sites for hydroxylation is 2. The maximum atomic E-state index is 11.6. The second-order valence-corrected chi connectivity index (χ2v) is 5.77. The first-order valence-corrected chi connectivity index (χ1v) is 8.97. The third-order valence-electron chi connectivity index (χ3n) is 4.14. The van der Waals surface area contributed by atoms with Crippen molar-refractivity contribution in [3.05, 3.63) is 53.1 Å². The van der Waals surface area contributed by atoms with Crippen LogP contribution in [0.25, 0.3) is 0 Å². The van der Waals surface area contributed by atoms with Gasteiger partial charge in [-0.3, -0.25) is 5.32 Å². The zero-order valence-electron chi connectivity index (χ0n) is 15.9. The Morgan fingerprint density at radius 2 is 1.81 bits per heavy atom. The van der Waals surface area contributed by atoms with Gasteiger partial charge in [0.25, 0.3) is 0 Å². The van der Waals surface area contributed by atoms with Gasteiger partial charge < -0.3 is 14.2 Å². The van der Waals surface area contributed by atoms with Crippen molar-refractivity contribution in [2.45, 2.75) is 40.2 Å². The summed E-state index contributed by atoms with van der Waals surface area (Å²) in [5.74, 6) is 1.53. The maximum Gasteiger partial charge on any atom is 0.411 e. The number of carbonyl (C=O) groups is 1. The van der Waals surface area contributed by atoms with Gasteiger partial charge in [-0.2, -0.15) is 0 Å². The molecule has 0 spiro atoms. The van der Waals surface area contributed by atoms with Gasteiger partial charge in [0.15, 0.2) is 0 Å². The lowest BCUT2D eigenvalue weighted by Crippen LogP contribution is -2.14. The van der Waals surface area contributed by atoms with Crippen LogP contribution in [0.15, 0.2) is 36.4 Å². The third kappa shape index (κ3) is 4.91. The summed E-state index contributed by atoms with van der Waals surface area (Å²) < 4.78 is 16.5. The Bertz CT molecular complexity index is 743. The van der Waals surface area contributed by atoms with Crippen molar-refractivity contribution in [1.29, 1.82) is 0 Å². The lowest BCUT2D eigenvalue weighted by molar-refractivity contribution is 0.187. The van der Waals surface area contributed by atoms with Crippen LogP contribution in [0.3, 0.4) is 0 Å². The number of rotatable bonds is 8. The Morgan fingerprint density at radius 1 is 1.00 bits per heavy atom. The fourth-order valence-corrected chi connectivity index (χ4v) is 2.70. The van der Waals surface area contributed by atoms with E-state index in [2.05, 4.69) is 31.3 Å².